The van der Waals surface area contributed by atoms with Gasteiger partial charge in [-0.2, -0.15) is 0 Å². The van der Waals surface area contributed by atoms with E-state index >= 15 is 0 Å². The molecular formula is C13H18ClNO3S2. The monoisotopic (exact) mass is 335 g/mol. The summed E-state index contributed by atoms with van der Waals surface area (Å²) < 4.78 is 22.5. The first-order valence-electron chi connectivity index (χ1n) is 6.51. The van der Waals surface area contributed by atoms with E-state index in [-0.39, 0.29) is 15.5 Å². The van der Waals surface area contributed by atoms with Gasteiger partial charge in [0.25, 0.3) is 15.0 Å². The minimum Gasteiger partial charge on any atom is -0.339 e. The highest BCUT2D eigenvalue weighted by Gasteiger charge is 2.27. The Morgan fingerprint density at radius 2 is 2.05 bits per heavy atom. The van der Waals surface area contributed by atoms with Gasteiger partial charge in [0.2, 0.25) is 0 Å². The van der Waals surface area contributed by atoms with Crippen LogP contribution in [-0.2, 0) is 9.05 Å². The lowest BCUT2D eigenvalue weighted by Gasteiger charge is -2.23. The number of halogens is 1. The third-order valence-electron chi connectivity index (χ3n) is 3.69. The molecule has 20 heavy (non-hydrogen) atoms. The van der Waals surface area contributed by atoms with E-state index in [9.17, 15) is 13.2 Å². The van der Waals surface area contributed by atoms with Crippen molar-refractivity contribution in [1.82, 2.24) is 4.90 Å². The molecule has 0 unspecified atom stereocenters. The van der Waals surface area contributed by atoms with Gasteiger partial charge in [-0.3, -0.25) is 4.79 Å². The molecule has 4 nitrogen and oxygen atoms in total. The van der Waals surface area contributed by atoms with Crippen LogP contribution in [0.5, 0.6) is 0 Å². The summed E-state index contributed by atoms with van der Waals surface area (Å²) in [6.07, 6.45) is 3.04. The molecule has 112 valence electrons. The molecule has 0 N–H and O–H groups in total. The lowest BCUT2D eigenvalue weighted by atomic mass is 9.85. The van der Waals surface area contributed by atoms with E-state index in [0.29, 0.717) is 12.1 Å². The smallest absolute Gasteiger partial charge is 0.270 e. The number of hydrogen-bond donors (Lipinski definition) is 0. The van der Waals surface area contributed by atoms with Crippen molar-refractivity contribution in [2.45, 2.75) is 37.3 Å². The van der Waals surface area contributed by atoms with E-state index in [2.05, 4.69) is 13.8 Å². The number of thiophene rings is 1. The summed E-state index contributed by atoms with van der Waals surface area (Å²) in [5.74, 6) is -0.106. The second-order valence-corrected chi connectivity index (χ2v) is 9.61. The van der Waals surface area contributed by atoms with Crippen molar-refractivity contribution < 1.29 is 13.2 Å². The van der Waals surface area contributed by atoms with E-state index in [0.717, 1.165) is 37.1 Å². The first kappa shape index (κ1) is 15.8. The molecule has 0 bridgehead atoms. The molecule has 1 aliphatic rings. The fourth-order valence-electron chi connectivity index (χ4n) is 2.37. The molecule has 1 amide bonds. The molecule has 1 saturated heterocycles. The van der Waals surface area contributed by atoms with Gasteiger partial charge < -0.3 is 4.90 Å². The van der Waals surface area contributed by atoms with Gasteiger partial charge in [0, 0.05) is 29.2 Å². The summed E-state index contributed by atoms with van der Waals surface area (Å²) in [5.41, 5.74) is 0.669. The molecule has 1 aromatic rings. The number of likely N-dealkylation sites (tertiary alicyclic amines) is 1. The number of amides is 1. The average Bonchev–Trinajstić information content (AvgIpc) is 2.75. The summed E-state index contributed by atoms with van der Waals surface area (Å²) in [6.45, 7) is 5.86. The molecule has 2 heterocycles. The fourth-order valence-corrected chi connectivity index (χ4v) is 4.30. The molecule has 0 radical (unpaired) electrons. The zero-order chi connectivity index (χ0) is 15.0. The van der Waals surface area contributed by atoms with Crippen LogP contribution in [0.4, 0.5) is 0 Å². The van der Waals surface area contributed by atoms with Gasteiger partial charge in [0.05, 0.1) is 5.56 Å². The van der Waals surface area contributed by atoms with Gasteiger partial charge in [0.15, 0.2) is 0 Å². The lowest BCUT2D eigenvalue weighted by Crippen LogP contribution is -2.32. The predicted molar refractivity (Wildman–Crippen MR) is 80.9 cm³/mol. The van der Waals surface area contributed by atoms with Crippen molar-refractivity contribution in [3.8, 4) is 0 Å². The van der Waals surface area contributed by atoms with E-state index in [1.54, 1.807) is 10.3 Å². The second kappa shape index (κ2) is 5.66. The molecule has 1 aliphatic heterocycles. The van der Waals surface area contributed by atoms with Gasteiger partial charge >= 0.3 is 0 Å². The number of carbonyl (C=O) groups excluding carboxylic acids is 1. The zero-order valence-electron chi connectivity index (χ0n) is 11.6. The maximum atomic E-state index is 12.4. The number of hydrogen-bond acceptors (Lipinski definition) is 4. The van der Waals surface area contributed by atoms with Crippen molar-refractivity contribution in [3.63, 3.8) is 0 Å². The molecule has 0 aromatic carbocycles. The molecular weight excluding hydrogens is 318 g/mol. The Hall–Kier alpha value is -0.590. The zero-order valence-corrected chi connectivity index (χ0v) is 13.9. The third-order valence-corrected chi connectivity index (χ3v) is 6.73. The quantitative estimate of drug-likeness (QED) is 0.779. The minimum absolute atomic E-state index is 0.0256. The Morgan fingerprint density at radius 1 is 1.35 bits per heavy atom. The summed E-state index contributed by atoms with van der Waals surface area (Å²) in [5, 5.41) is 1.56. The average molecular weight is 336 g/mol. The highest BCUT2D eigenvalue weighted by Crippen LogP contribution is 2.31. The molecule has 0 saturated carbocycles. The molecule has 7 heteroatoms. The third kappa shape index (κ3) is 3.74. The van der Waals surface area contributed by atoms with Crippen molar-refractivity contribution >= 4 is 37.0 Å². The number of rotatable bonds is 2. The first-order valence-corrected chi connectivity index (χ1v) is 9.70. The topological polar surface area (TPSA) is 54.5 Å². The Bertz CT molecular complexity index is 607. The van der Waals surface area contributed by atoms with E-state index in [4.69, 9.17) is 10.7 Å². The molecule has 0 aliphatic carbocycles. The molecule has 1 aromatic heterocycles. The maximum Gasteiger partial charge on any atom is 0.270 e. The van der Waals surface area contributed by atoms with Crippen LogP contribution in [0.1, 0.15) is 43.5 Å². The van der Waals surface area contributed by atoms with Crippen LogP contribution in [0.2, 0.25) is 0 Å². The van der Waals surface area contributed by atoms with Crippen molar-refractivity contribution in [2.75, 3.05) is 13.1 Å². The van der Waals surface area contributed by atoms with E-state index < -0.39 is 9.05 Å². The Balaban J connectivity index is 2.13. The largest absolute Gasteiger partial charge is 0.339 e. The highest BCUT2D eigenvalue weighted by atomic mass is 35.7. The first-order chi connectivity index (χ1) is 9.19. The van der Waals surface area contributed by atoms with E-state index in [1.165, 1.54) is 6.07 Å². The van der Waals surface area contributed by atoms with Crippen LogP contribution in [0.25, 0.3) is 0 Å². The van der Waals surface area contributed by atoms with E-state index in [1.807, 2.05) is 0 Å². The lowest BCUT2D eigenvalue weighted by molar-refractivity contribution is 0.0758. The molecule has 0 atom stereocenters. The second-order valence-electron chi connectivity index (χ2n) is 5.90. The van der Waals surface area contributed by atoms with Crippen LogP contribution < -0.4 is 0 Å². The van der Waals surface area contributed by atoms with Gasteiger partial charge in [-0.05, 0) is 30.7 Å². The molecule has 2 rings (SSSR count). The van der Waals surface area contributed by atoms with Crippen molar-refractivity contribution in [3.05, 3.63) is 17.0 Å². The highest BCUT2D eigenvalue weighted by molar-refractivity contribution is 8.15. The number of nitrogens with zero attached hydrogens (tertiary/aromatic N) is 1. The fraction of sp³-hybridized carbons (Fsp3) is 0.615. The van der Waals surface area contributed by atoms with Crippen molar-refractivity contribution in [2.24, 2.45) is 5.41 Å². The van der Waals surface area contributed by atoms with Gasteiger partial charge in [-0.1, -0.05) is 13.8 Å². The minimum atomic E-state index is -3.75. The van der Waals surface area contributed by atoms with Crippen molar-refractivity contribution in [1.29, 1.82) is 0 Å². The molecule has 1 fully saturated rings. The SMILES string of the molecule is CC1(C)CCCN(C(=O)c2csc(S(=O)(=O)Cl)c2)CC1. The Morgan fingerprint density at radius 3 is 2.65 bits per heavy atom. The summed E-state index contributed by atoms with van der Waals surface area (Å²) in [4.78, 5) is 14.2. The van der Waals surface area contributed by atoms with Crippen LogP contribution in [0, 0.1) is 5.41 Å². The van der Waals surface area contributed by atoms with Gasteiger partial charge in [-0.25, -0.2) is 8.42 Å². The van der Waals surface area contributed by atoms with Gasteiger partial charge in [0.1, 0.15) is 4.21 Å². The normalized spacial score (nSPS) is 19.6. The Kier molecular flexibility index (Phi) is 4.47. The summed E-state index contributed by atoms with van der Waals surface area (Å²) in [7, 11) is 1.53. The maximum absolute atomic E-state index is 12.4. The van der Waals surface area contributed by atoms with Gasteiger partial charge in [-0.15, -0.1) is 11.3 Å². The standard InChI is InChI=1S/C13H18ClNO3S2/c1-13(2)4-3-6-15(7-5-13)12(16)10-8-11(19-9-10)20(14,17)18/h8-9H,3-7H2,1-2H3. The summed E-state index contributed by atoms with van der Waals surface area (Å²) in [6, 6.07) is 1.37. The molecule has 0 spiro atoms. The Labute approximate surface area is 128 Å². The van der Waals surface area contributed by atoms with Crippen LogP contribution in [0.15, 0.2) is 15.7 Å². The number of carbonyl (C=O) groups is 1. The van der Waals surface area contributed by atoms with Crippen LogP contribution >= 0.6 is 22.0 Å². The summed E-state index contributed by atoms with van der Waals surface area (Å²) >= 11 is 0.986. The van der Waals surface area contributed by atoms with Crippen LogP contribution in [-0.4, -0.2) is 32.3 Å². The predicted octanol–water partition coefficient (Wildman–Crippen LogP) is 3.33. The van der Waals surface area contributed by atoms with Crippen LogP contribution in [0.3, 0.4) is 0 Å².